The zero-order valence-corrected chi connectivity index (χ0v) is 10.8. The molecule has 0 N–H and O–H groups in total. The largest absolute Gasteiger partial charge is 0.496 e. The van der Waals surface area contributed by atoms with Crippen molar-refractivity contribution < 1.29 is 9.47 Å². The van der Waals surface area contributed by atoms with Crippen LogP contribution in [0.4, 0.5) is 0 Å². The van der Waals surface area contributed by atoms with Gasteiger partial charge in [-0.25, -0.2) is 0 Å². The summed E-state index contributed by atoms with van der Waals surface area (Å²) < 4.78 is 11.1. The number of benzene rings is 1. The van der Waals surface area contributed by atoms with E-state index in [4.69, 9.17) is 9.47 Å². The van der Waals surface area contributed by atoms with Gasteiger partial charge in [0.25, 0.3) is 0 Å². The molecular weight excluding hydrogens is 212 g/mol. The minimum absolute atomic E-state index is 0.621. The molecule has 1 aromatic carbocycles. The molecule has 2 nitrogen and oxygen atoms in total. The summed E-state index contributed by atoms with van der Waals surface area (Å²) in [6, 6.07) is 4.54. The third-order valence-corrected chi connectivity index (χ3v) is 4.52. The van der Waals surface area contributed by atoms with Crippen molar-refractivity contribution in [1.82, 2.24) is 0 Å². The molecule has 0 spiro atoms. The molecular formula is C15H20O2. The molecule has 1 heterocycles. The van der Waals surface area contributed by atoms with Crippen molar-refractivity contribution in [3.63, 3.8) is 0 Å². The van der Waals surface area contributed by atoms with Gasteiger partial charge in [0, 0.05) is 0 Å². The lowest BCUT2D eigenvalue weighted by molar-refractivity contribution is 0.179. The van der Waals surface area contributed by atoms with Crippen LogP contribution in [0.3, 0.4) is 0 Å². The Bertz CT molecular complexity index is 439. The Hall–Kier alpha value is -1.02. The van der Waals surface area contributed by atoms with E-state index in [1.807, 2.05) is 0 Å². The van der Waals surface area contributed by atoms with Gasteiger partial charge >= 0.3 is 0 Å². The zero-order valence-electron chi connectivity index (χ0n) is 10.8. The van der Waals surface area contributed by atoms with Gasteiger partial charge in [0.2, 0.25) is 0 Å². The van der Waals surface area contributed by atoms with Gasteiger partial charge in [0.05, 0.1) is 20.3 Å². The quantitative estimate of drug-likeness (QED) is 0.741. The van der Waals surface area contributed by atoms with Gasteiger partial charge in [0.1, 0.15) is 5.75 Å². The Morgan fingerprint density at radius 1 is 1.29 bits per heavy atom. The topological polar surface area (TPSA) is 18.5 Å². The predicted molar refractivity (Wildman–Crippen MR) is 67.6 cm³/mol. The van der Waals surface area contributed by atoms with Crippen LogP contribution in [0, 0.1) is 18.8 Å². The highest BCUT2D eigenvalue weighted by atomic mass is 16.5. The zero-order chi connectivity index (χ0) is 12.0. The Balaban J connectivity index is 2.05. The molecule has 0 radical (unpaired) electrons. The number of fused-ring (bicyclic) bond motifs is 2. The third-order valence-electron chi connectivity index (χ3n) is 4.52. The van der Waals surface area contributed by atoms with Crippen LogP contribution in [0.15, 0.2) is 12.1 Å². The molecule has 1 saturated heterocycles. The van der Waals surface area contributed by atoms with Crippen LogP contribution in [-0.4, -0.2) is 20.3 Å². The summed E-state index contributed by atoms with van der Waals surface area (Å²) in [5, 5.41) is 0. The number of hydrogen-bond donors (Lipinski definition) is 0. The first kappa shape index (κ1) is 11.1. The summed E-state index contributed by atoms with van der Waals surface area (Å²) in [5.74, 6) is 3.07. The van der Waals surface area contributed by atoms with Crippen LogP contribution >= 0.6 is 0 Å². The summed E-state index contributed by atoms with van der Waals surface area (Å²) in [5.41, 5.74) is 4.22. The second-order valence-electron chi connectivity index (χ2n) is 5.47. The van der Waals surface area contributed by atoms with Crippen molar-refractivity contribution >= 4 is 0 Å². The van der Waals surface area contributed by atoms with Crippen molar-refractivity contribution in [3.05, 3.63) is 28.8 Å². The first-order valence-corrected chi connectivity index (χ1v) is 6.46. The highest BCUT2D eigenvalue weighted by Gasteiger charge is 2.38. The van der Waals surface area contributed by atoms with Crippen molar-refractivity contribution in [2.75, 3.05) is 20.3 Å². The van der Waals surface area contributed by atoms with E-state index in [1.54, 1.807) is 7.11 Å². The van der Waals surface area contributed by atoms with Gasteiger partial charge in [0.15, 0.2) is 0 Å². The van der Waals surface area contributed by atoms with Crippen molar-refractivity contribution in [3.8, 4) is 5.75 Å². The first-order valence-electron chi connectivity index (χ1n) is 6.46. The monoisotopic (exact) mass is 232 g/mol. The molecule has 1 aliphatic carbocycles. The number of rotatable bonds is 1. The molecule has 2 aliphatic rings. The molecule has 3 atom stereocenters. The molecule has 0 unspecified atom stereocenters. The predicted octanol–water partition coefficient (Wildman–Crippen LogP) is 2.93. The highest BCUT2D eigenvalue weighted by molar-refractivity contribution is 5.45. The molecule has 17 heavy (non-hydrogen) atoms. The summed E-state index contributed by atoms with van der Waals surface area (Å²) in [6.07, 6.45) is 1.15. The molecule has 0 bridgehead atoms. The number of aryl methyl sites for hydroxylation is 1. The molecule has 0 aromatic heterocycles. The molecule has 1 fully saturated rings. The van der Waals surface area contributed by atoms with Gasteiger partial charge in [-0.15, -0.1) is 0 Å². The molecule has 0 amide bonds. The highest BCUT2D eigenvalue weighted by Crippen LogP contribution is 2.44. The van der Waals surface area contributed by atoms with Crippen molar-refractivity contribution in [2.45, 2.75) is 26.2 Å². The Morgan fingerprint density at radius 2 is 2.12 bits per heavy atom. The van der Waals surface area contributed by atoms with Crippen LogP contribution in [0.5, 0.6) is 5.75 Å². The van der Waals surface area contributed by atoms with Gasteiger partial charge < -0.3 is 9.47 Å². The van der Waals surface area contributed by atoms with E-state index >= 15 is 0 Å². The van der Waals surface area contributed by atoms with E-state index < -0.39 is 0 Å². The lowest BCUT2D eigenvalue weighted by Gasteiger charge is -2.33. The minimum atomic E-state index is 0.621. The van der Waals surface area contributed by atoms with E-state index in [2.05, 4.69) is 26.0 Å². The second-order valence-corrected chi connectivity index (χ2v) is 5.47. The van der Waals surface area contributed by atoms with E-state index in [0.29, 0.717) is 11.8 Å². The Labute approximate surface area is 103 Å². The number of methoxy groups -OCH3 is 1. The maximum absolute atomic E-state index is 5.65. The average molecular weight is 232 g/mol. The van der Waals surface area contributed by atoms with Gasteiger partial charge in [-0.2, -0.15) is 0 Å². The maximum Gasteiger partial charge on any atom is 0.122 e. The van der Waals surface area contributed by atoms with Gasteiger partial charge in [-0.05, 0) is 53.9 Å². The van der Waals surface area contributed by atoms with Gasteiger partial charge in [-0.3, -0.25) is 0 Å². The molecule has 3 rings (SSSR count). The molecule has 1 aliphatic heterocycles. The minimum Gasteiger partial charge on any atom is -0.496 e. The smallest absolute Gasteiger partial charge is 0.122 e. The van der Waals surface area contributed by atoms with Crippen LogP contribution in [0.25, 0.3) is 0 Å². The van der Waals surface area contributed by atoms with Crippen molar-refractivity contribution in [1.29, 1.82) is 0 Å². The molecule has 0 saturated carbocycles. The van der Waals surface area contributed by atoms with Crippen molar-refractivity contribution in [2.24, 2.45) is 11.8 Å². The SMILES string of the molecule is COc1cc2c(cc1C)[C@H](C)[C@H]1COC[C@@H]1C2. The fraction of sp³-hybridized carbons (Fsp3) is 0.600. The fourth-order valence-electron chi connectivity index (χ4n) is 3.46. The average Bonchev–Trinajstić information content (AvgIpc) is 2.78. The van der Waals surface area contributed by atoms with E-state index in [9.17, 15) is 0 Å². The standard InChI is InChI=1S/C15H20O2/c1-9-4-13-10(2)14-8-17-7-12(14)5-11(13)6-15(9)16-3/h4,6,10,12,14H,5,7-8H2,1-3H3/t10-,12-,14+/m0/s1. The fourth-order valence-corrected chi connectivity index (χ4v) is 3.46. The Morgan fingerprint density at radius 3 is 2.88 bits per heavy atom. The molecule has 2 heteroatoms. The van der Waals surface area contributed by atoms with Gasteiger partial charge in [-0.1, -0.05) is 13.0 Å². The lowest BCUT2D eigenvalue weighted by Crippen LogP contribution is -2.27. The molecule has 1 aromatic rings. The van der Waals surface area contributed by atoms with Crippen LogP contribution in [0.2, 0.25) is 0 Å². The lowest BCUT2D eigenvalue weighted by atomic mass is 9.71. The van der Waals surface area contributed by atoms with Crippen LogP contribution < -0.4 is 4.74 Å². The van der Waals surface area contributed by atoms with E-state index in [1.165, 1.54) is 16.7 Å². The van der Waals surface area contributed by atoms with Crippen LogP contribution in [-0.2, 0) is 11.2 Å². The summed E-state index contributed by atoms with van der Waals surface area (Å²) in [4.78, 5) is 0. The van der Waals surface area contributed by atoms with E-state index in [-0.39, 0.29) is 0 Å². The third kappa shape index (κ3) is 1.66. The summed E-state index contributed by atoms with van der Waals surface area (Å²) in [6.45, 7) is 6.35. The molecule has 92 valence electrons. The summed E-state index contributed by atoms with van der Waals surface area (Å²) in [7, 11) is 1.75. The maximum atomic E-state index is 5.65. The second kappa shape index (κ2) is 4.02. The van der Waals surface area contributed by atoms with Crippen LogP contribution in [0.1, 0.15) is 29.5 Å². The van der Waals surface area contributed by atoms with E-state index in [0.717, 1.165) is 31.3 Å². The Kier molecular flexibility index (Phi) is 2.62. The summed E-state index contributed by atoms with van der Waals surface area (Å²) >= 11 is 0. The number of ether oxygens (including phenoxy) is 2. The normalized spacial score (nSPS) is 30.9. The number of hydrogen-bond acceptors (Lipinski definition) is 2. The first-order chi connectivity index (χ1) is 8.20.